The second-order valence-electron chi connectivity index (χ2n) is 21.3. The maximum absolute atomic E-state index is 5.31. The molecule has 7 nitrogen and oxygen atoms in total. The number of imidazole rings is 2. The van der Waals surface area contributed by atoms with Gasteiger partial charge in [-0.3, -0.25) is 13.8 Å². The Bertz CT molecular complexity index is 5190. The minimum atomic E-state index is 0.961. The molecule has 0 atom stereocenters. The number of benzene rings is 9. The van der Waals surface area contributed by atoms with E-state index in [2.05, 4.69) is 253 Å². The van der Waals surface area contributed by atoms with Crippen LogP contribution in [0.2, 0.25) is 0 Å². The second kappa shape index (κ2) is 17.6. The Morgan fingerprint density at radius 2 is 0.787 bits per heavy atom. The van der Waals surface area contributed by atoms with Crippen molar-refractivity contribution in [3.05, 3.63) is 260 Å². The molecule has 18 rings (SSSR count). The zero-order valence-corrected chi connectivity index (χ0v) is 43.6. The van der Waals surface area contributed by atoms with Crippen LogP contribution in [0.3, 0.4) is 0 Å². The molecule has 376 valence electrons. The third-order valence-electron chi connectivity index (χ3n) is 16.9. The first-order valence-corrected chi connectivity index (χ1v) is 27.8. The van der Waals surface area contributed by atoms with Crippen LogP contribution in [0.1, 0.15) is 35.6 Å². The van der Waals surface area contributed by atoms with Crippen molar-refractivity contribution in [1.82, 2.24) is 32.9 Å². The van der Waals surface area contributed by atoms with E-state index in [-0.39, 0.29) is 0 Å². The van der Waals surface area contributed by atoms with Gasteiger partial charge in [-0.25, -0.2) is 9.97 Å². The molecule has 0 unspecified atom stereocenters. The number of para-hydroxylation sites is 4. The summed E-state index contributed by atoms with van der Waals surface area (Å²) < 4.78 is 9.56. The zero-order valence-electron chi connectivity index (χ0n) is 43.6. The lowest BCUT2D eigenvalue weighted by atomic mass is 9.97. The van der Waals surface area contributed by atoms with Crippen molar-refractivity contribution in [1.29, 1.82) is 0 Å². The van der Waals surface area contributed by atoms with E-state index in [1.807, 2.05) is 18.3 Å². The lowest BCUT2D eigenvalue weighted by Gasteiger charge is -2.15. The molecule has 0 bridgehead atoms. The minimum absolute atomic E-state index is 0.961. The third-order valence-corrected chi connectivity index (χ3v) is 16.9. The van der Waals surface area contributed by atoms with Gasteiger partial charge in [-0.15, -0.1) is 0 Å². The van der Waals surface area contributed by atoms with Gasteiger partial charge in [0.1, 0.15) is 11.3 Å². The van der Waals surface area contributed by atoms with Crippen LogP contribution < -0.4 is 0 Å². The van der Waals surface area contributed by atoms with Gasteiger partial charge in [0, 0.05) is 66.2 Å². The molecule has 7 aromatic heterocycles. The number of nitrogens with zero attached hydrogens (tertiary/aromatic N) is 7. The van der Waals surface area contributed by atoms with Crippen LogP contribution in [0.25, 0.3) is 144 Å². The van der Waals surface area contributed by atoms with Crippen LogP contribution in [0.15, 0.2) is 237 Å². The largest absolute Gasteiger partial charge is 0.309 e. The molecule has 0 spiro atoms. The van der Waals surface area contributed by atoms with Crippen molar-refractivity contribution >= 4 is 110 Å². The number of rotatable bonds is 4. The molecule has 0 saturated heterocycles. The first kappa shape index (κ1) is 44.7. The third kappa shape index (κ3) is 6.70. The Morgan fingerprint density at radius 3 is 1.38 bits per heavy atom. The van der Waals surface area contributed by atoms with Crippen LogP contribution in [-0.4, -0.2) is 32.9 Å². The summed E-state index contributed by atoms with van der Waals surface area (Å²) in [5.74, 6) is 0. The van der Waals surface area contributed by atoms with Gasteiger partial charge in [-0.05, 0) is 151 Å². The lowest BCUT2D eigenvalue weighted by molar-refractivity contribution is 0.943. The molecule has 80 heavy (non-hydrogen) atoms. The predicted molar refractivity (Wildman–Crippen MR) is 332 cm³/mol. The van der Waals surface area contributed by atoms with Crippen LogP contribution in [0.4, 0.5) is 0 Å². The highest BCUT2D eigenvalue weighted by atomic mass is 15.1. The van der Waals surface area contributed by atoms with Gasteiger partial charge in [-0.1, -0.05) is 140 Å². The van der Waals surface area contributed by atoms with Gasteiger partial charge < -0.3 is 9.13 Å². The molecule has 0 radical (unpaired) electrons. The van der Waals surface area contributed by atoms with Gasteiger partial charge in [-0.2, -0.15) is 0 Å². The van der Waals surface area contributed by atoms with Crippen molar-refractivity contribution in [3.8, 4) is 33.8 Å². The molecule has 9 aromatic carbocycles. The SMILES string of the molecule is C1=Cc2c(nc3c4ccc(-c5ccccc5)cc4c4cc(-c5ccccn5)ccc4n23)CC1.C1=Cc2c(nc3c4ccc(-n5c6ccccc6c6ccccc65)cc4c4ccc(-n5c6ccccc6c6ccccc65)cc4n23)CC1. The molecule has 0 amide bonds. The maximum Gasteiger partial charge on any atom is 0.145 e. The standard InChI is InChI=1S/C43H28N4.C30H21N3/c1-6-16-37-29(11-1)30-12-2-7-17-38(30)45(37)27-22-24-34-35(25-27)33-23-21-28(26-42(33)47-41-20-10-5-15-36(41)44-43(34)47)46-39-18-8-3-13-31(39)32-14-4-9-19-40(32)46;1-2-8-20(9-3-1)21-13-15-23-24(18-21)25-19-22(26-10-6-7-17-31-26)14-16-28(25)33-29-12-5-4-11-27(29)32-30(23)33/h1-4,6-14,16-26H,5,15H2;1-3,5-10,12-19H,4,11H2. The summed E-state index contributed by atoms with van der Waals surface area (Å²) in [5, 5.41) is 12.3. The fourth-order valence-electron chi connectivity index (χ4n) is 13.3. The van der Waals surface area contributed by atoms with Crippen molar-refractivity contribution in [2.45, 2.75) is 25.7 Å². The van der Waals surface area contributed by atoms with Crippen molar-refractivity contribution in [2.75, 3.05) is 0 Å². The van der Waals surface area contributed by atoms with Crippen molar-refractivity contribution < 1.29 is 0 Å². The summed E-state index contributed by atoms with van der Waals surface area (Å²) in [6.07, 6.45) is 14.9. The first-order chi connectivity index (χ1) is 39.7. The smallest absolute Gasteiger partial charge is 0.145 e. The van der Waals surface area contributed by atoms with E-state index in [0.717, 1.165) is 59.6 Å². The van der Waals surface area contributed by atoms with Crippen molar-refractivity contribution in [3.63, 3.8) is 0 Å². The Morgan fingerprint density at radius 1 is 0.312 bits per heavy atom. The highest BCUT2D eigenvalue weighted by Gasteiger charge is 2.23. The Labute approximate surface area is 459 Å². The van der Waals surface area contributed by atoms with Gasteiger partial charge in [0.15, 0.2) is 0 Å². The quantitative estimate of drug-likeness (QED) is 0.165. The summed E-state index contributed by atoms with van der Waals surface area (Å²) >= 11 is 0. The van der Waals surface area contributed by atoms with E-state index in [1.54, 1.807) is 0 Å². The van der Waals surface area contributed by atoms with E-state index in [0.29, 0.717) is 0 Å². The highest BCUT2D eigenvalue weighted by Crippen LogP contribution is 2.41. The second-order valence-corrected chi connectivity index (χ2v) is 21.3. The summed E-state index contributed by atoms with van der Waals surface area (Å²) in [4.78, 5) is 15.0. The normalized spacial score (nSPS) is 13.2. The Hall–Kier alpha value is -10.4. The summed E-state index contributed by atoms with van der Waals surface area (Å²) in [5.41, 5.74) is 20.9. The lowest BCUT2D eigenvalue weighted by Crippen LogP contribution is -2.00. The summed E-state index contributed by atoms with van der Waals surface area (Å²) in [6, 6.07) is 78.9. The maximum atomic E-state index is 5.31. The number of aromatic nitrogens is 7. The number of fused-ring (bicyclic) bond motifs is 22. The molecule has 0 saturated carbocycles. The van der Waals surface area contributed by atoms with E-state index in [1.165, 1.54) is 121 Å². The molecule has 0 aliphatic heterocycles. The fourth-order valence-corrected chi connectivity index (χ4v) is 13.3. The number of pyridine rings is 3. The van der Waals surface area contributed by atoms with Crippen molar-refractivity contribution in [2.24, 2.45) is 0 Å². The number of hydrogen-bond donors (Lipinski definition) is 0. The Kier molecular flexibility index (Phi) is 9.83. The predicted octanol–water partition coefficient (Wildman–Crippen LogP) is 18.1. The van der Waals surface area contributed by atoms with E-state index >= 15 is 0 Å². The molecular formula is C73H49N7. The molecule has 7 heterocycles. The zero-order chi connectivity index (χ0) is 52.4. The Balaban J connectivity index is 0.000000136. The number of hydrogen-bond acceptors (Lipinski definition) is 3. The number of aryl methyl sites for hydroxylation is 2. The average molecular weight is 1020 g/mol. The minimum Gasteiger partial charge on any atom is -0.309 e. The molecular weight excluding hydrogens is 975 g/mol. The molecule has 2 aliphatic carbocycles. The monoisotopic (exact) mass is 1020 g/mol. The molecule has 0 N–H and O–H groups in total. The topological polar surface area (TPSA) is 57.3 Å². The van der Waals surface area contributed by atoms with Gasteiger partial charge >= 0.3 is 0 Å². The number of allylic oxidation sites excluding steroid dienone is 2. The molecule has 0 fully saturated rings. The van der Waals surface area contributed by atoms with Crippen LogP contribution in [0.5, 0.6) is 0 Å². The molecule has 7 heteroatoms. The van der Waals surface area contributed by atoms with Gasteiger partial charge in [0.2, 0.25) is 0 Å². The summed E-state index contributed by atoms with van der Waals surface area (Å²) in [6.45, 7) is 0. The van der Waals surface area contributed by atoms with Crippen LogP contribution >= 0.6 is 0 Å². The van der Waals surface area contributed by atoms with E-state index in [4.69, 9.17) is 9.97 Å². The molecule has 16 aromatic rings. The van der Waals surface area contributed by atoms with E-state index in [9.17, 15) is 0 Å². The van der Waals surface area contributed by atoms with Gasteiger partial charge in [0.05, 0.1) is 61.6 Å². The average Bonchev–Trinajstić information content (AvgIpc) is 4.34. The summed E-state index contributed by atoms with van der Waals surface area (Å²) in [7, 11) is 0. The van der Waals surface area contributed by atoms with Crippen LogP contribution in [0, 0.1) is 0 Å². The molecule has 2 aliphatic rings. The first-order valence-electron chi connectivity index (χ1n) is 27.8. The fraction of sp³-hybridized carbons (Fsp3) is 0.0548. The van der Waals surface area contributed by atoms with Crippen LogP contribution in [-0.2, 0) is 12.8 Å². The highest BCUT2D eigenvalue weighted by molar-refractivity contribution is 6.16. The van der Waals surface area contributed by atoms with Gasteiger partial charge in [0.25, 0.3) is 0 Å². The van der Waals surface area contributed by atoms with E-state index < -0.39 is 0 Å².